The smallest absolute Gasteiger partial charge is 0.131 e. The Morgan fingerprint density at radius 1 is 0.700 bits per heavy atom. The van der Waals surface area contributed by atoms with E-state index in [1.807, 2.05) is 12.1 Å². The van der Waals surface area contributed by atoms with Crippen molar-refractivity contribution in [1.82, 2.24) is 0 Å². The molecule has 0 atom stereocenters. The molecule has 0 aliphatic heterocycles. The van der Waals surface area contributed by atoms with Gasteiger partial charge in [0, 0.05) is 10.9 Å². The summed E-state index contributed by atoms with van der Waals surface area (Å²) in [7, 11) is 0. The van der Waals surface area contributed by atoms with Gasteiger partial charge in [-0.2, -0.15) is 0 Å². The Labute approximate surface area is 130 Å². The van der Waals surface area contributed by atoms with Crippen LogP contribution in [-0.2, 0) is 0 Å². The first kappa shape index (κ1) is 13.7. The molecule has 0 amide bonds. The second-order valence-corrected chi connectivity index (χ2v) is 5.55. The zero-order chi connectivity index (χ0) is 14.3. The van der Waals surface area contributed by atoms with Gasteiger partial charge in [0.15, 0.2) is 0 Å². The van der Waals surface area contributed by atoms with Crippen LogP contribution >= 0.6 is 34.8 Å². The maximum Gasteiger partial charge on any atom is 0.131 e. The lowest BCUT2D eigenvalue weighted by atomic mass is 9.98. The Hall–Kier alpha value is -1.28. The van der Waals surface area contributed by atoms with Crippen molar-refractivity contribution in [3.05, 3.63) is 69.4 Å². The first-order valence-electron chi connectivity index (χ1n) is 5.90. The fourth-order valence-corrected chi connectivity index (χ4v) is 2.99. The second-order valence-electron chi connectivity index (χ2n) is 4.36. The van der Waals surface area contributed by atoms with Crippen molar-refractivity contribution in [1.29, 1.82) is 0 Å². The van der Waals surface area contributed by atoms with E-state index in [2.05, 4.69) is 0 Å². The summed E-state index contributed by atoms with van der Waals surface area (Å²) >= 11 is 18.6. The number of fused-ring (bicyclic) bond motifs is 1. The van der Waals surface area contributed by atoms with E-state index < -0.39 is 0 Å². The van der Waals surface area contributed by atoms with E-state index in [1.54, 1.807) is 30.3 Å². The first-order valence-corrected chi connectivity index (χ1v) is 7.04. The number of hydrogen-bond acceptors (Lipinski definition) is 0. The number of halogens is 4. The Balaban J connectivity index is 2.42. The maximum absolute atomic E-state index is 13.9. The Kier molecular flexibility index (Phi) is 3.59. The molecule has 0 radical (unpaired) electrons. The van der Waals surface area contributed by atoms with E-state index in [1.165, 1.54) is 6.07 Å². The van der Waals surface area contributed by atoms with Crippen LogP contribution in [0.15, 0.2) is 48.5 Å². The van der Waals surface area contributed by atoms with Crippen molar-refractivity contribution in [3.63, 3.8) is 0 Å². The SMILES string of the molecule is Fc1ccc(-c2c(Cl)ccc(Cl)c2Cl)c2ccccc12. The molecule has 3 aromatic rings. The molecule has 0 heterocycles. The molecule has 100 valence electrons. The minimum absolute atomic E-state index is 0.279. The van der Waals surface area contributed by atoms with Crippen LogP contribution in [0.2, 0.25) is 15.1 Å². The van der Waals surface area contributed by atoms with Gasteiger partial charge in [0.05, 0.1) is 15.1 Å². The molecule has 20 heavy (non-hydrogen) atoms. The van der Waals surface area contributed by atoms with Crippen LogP contribution in [0.5, 0.6) is 0 Å². The van der Waals surface area contributed by atoms with Gasteiger partial charge in [-0.1, -0.05) is 65.1 Å². The minimum Gasteiger partial charge on any atom is -0.206 e. The van der Waals surface area contributed by atoms with Crippen LogP contribution in [0.4, 0.5) is 4.39 Å². The molecule has 0 aliphatic rings. The van der Waals surface area contributed by atoms with E-state index in [9.17, 15) is 4.39 Å². The lowest BCUT2D eigenvalue weighted by molar-refractivity contribution is 0.640. The highest BCUT2D eigenvalue weighted by atomic mass is 35.5. The fraction of sp³-hybridized carbons (Fsp3) is 0. The molecule has 4 heteroatoms. The molecule has 0 unspecified atom stereocenters. The van der Waals surface area contributed by atoms with Gasteiger partial charge in [-0.25, -0.2) is 4.39 Å². The normalized spacial score (nSPS) is 11.0. The molecule has 3 rings (SSSR count). The molecular formula is C16H8Cl3F. The molecule has 0 aromatic heterocycles. The van der Waals surface area contributed by atoms with Gasteiger partial charge >= 0.3 is 0 Å². The summed E-state index contributed by atoms with van der Waals surface area (Å²) in [6, 6.07) is 13.6. The molecule has 0 saturated heterocycles. The summed E-state index contributed by atoms with van der Waals surface area (Å²) in [4.78, 5) is 0. The Bertz CT molecular complexity index is 812. The standard InChI is InChI=1S/C16H8Cl3F/c17-12-6-7-13(18)16(19)15(12)11-5-8-14(20)10-4-2-1-3-9(10)11/h1-8H. The molecule has 0 saturated carbocycles. The number of rotatable bonds is 1. The third-order valence-corrected chi connectivity index (χ3v) is 4.30. The van der Waals surface area contributed by atoms with Gasteiger partial charge in [0.25, 0.3) is 0 Å². The average Bonchev–Trinajstić information content (AvgIpc) is 2.46. The van der Waals surface area contributed by atoms with Crippen LogP contribution in [0.3, 0.4) is 0 Å². The summed E-state index contributed by atoms with van der Waals surface area (Å²) in [6.07, 6.45) is 0. The van der Waals surface area contributed by atoms with Crippen molar-refractivity contribution < 1.29 is 4.39 Å². The maximum atomic E-state index is 13.9. The van der Waals surface area contributed by atoms with Gasteiger partial charge in [-0.3, -0.25) is 0 Å². The van der Waals surface area contributed by atoms with E-state index >= 15 is 0 Å². The quantitative estimate of drug-likeness (QED) is 0.442. The van der Waals surface area contributed by atoms with Crippen molar-refractivity contribution in [2.75, 3.05) is 0 Å². The third-order valence-electron chi connectivity index (χ3n) is 3.18. The van der Waals surface area contributed by atoms with E-state index in [-0.39, 0.29) is 5.82 Å². The summed E-state index contributed by atoms with van der Waals surface area (Å²) < 4.78 is 13.9. The molecule has 0 N–H and O–H groups in total. The third kappa shape index (κ3) is 2.16. The average molecular weight is 326 g/mol. The zero-order valence-corrected chi connectivity index (χ0v) is 12.4. The van der Waals surface area contributed by atoms with Crippen LogP contribution in [0.25, 0.3) is 21.9 Å². The van der Waals surface area contributed by atoms with Gasteiger partial charge in [-0.15, -0.1) is 0 Å². The Morgan fingerprint density at radius 2 is 1.35 bits per heavy atom. The molecular weight excluding hydrogens is 318 g/mol. The summed E-state index contributed by atoms with van der Waals surface area (Å²) in [6.45, 7) is 0. The lowest BCUT2D eigenvalue weighted by Gasteiger charge is -2.12. The topological polar surface area (TPSA) is 0 Å². The van der Waals surface area contributed by atoms with Crippen molar-refractivity contribution in [2.45, 2.75) is 0 Å². The monoisotopic (exact) mass is 324 g/mol. The van der Waals surface area contributed by atoms with Crippen LogP contribution < -0.4 is 0 Å². The highest BCUT2D eigenvalue weighted by Gasteiger charge is 2.15. The second kappa shape index (κ2) is 5.25. The van der Waals surface area contributed by atoms with Gasteiger partial charge in [0.1, 0.15) is 5.82 Å². The lowest BCUT2D eigenvalue weighted by Crippen LogP contribution is -1.88. The predicted octanol–water partition coefficient (Wildman–Crippen LogP) is 6.61. The largest absolute Gasteiger partial charge is 0.206 e. The summed E-state index contributed by atoms with van der Waals surface area (Å²) in [5, 5.41) is 2.54. The molecule has 0 spiro atoms. The molecule has 0 bridgehead atoms. The van der Waals surface area contributed by atoms with Crippen molar-refractivity contribution in [3.8, 4) is 11.1 Å². The predicted molar refractivity (Wildman–Crippen MR) is 84.4 cm³/mol. The van der Waals surface area contributed by atoms with Gasteiger partial charge in [-0.05, 0) is 29.1 Å². The minimum atomic E-state index is -0.279. The van der Waals surface area contributed by atoms with Crippen LogP contribution in [0, 0.1) is 5.82 Å². The van der Waals surface area contributed by atoms with Crippen molar-refractivity contribution in [2.24, 2.45) is 0 Å². The molecule has 0 aliphatic carbocycles. The summed E-state index contributed by atoms with van der Waals surface area (Å²) in [5.41, 5.74) is 1.39. The number of benzene rings is 3. The van der Waals surface area contributed by atoms with E-state index in [0.29, 0.717) is 26.0 Å². The highest BCUT2D eigenvalue weighted by Crippen LogP contribution is 2.42. The van der Waals surface area contributed by atoms with E-state index in [4.69, 9.17) is 34.8 Å². The molecule has 0 nitrogen and oxygen atoms in total. The Morgan fingerprint density at radius 3 is 2.10 bits per heavy atom. The highest BCUT2D eigenvalue weighted by molar-refractivity contribution is 6.46. The number of hydrogen-bond donors (Lipinski definition) is 0. The molecule has 0 fully saturated rings. The van der Waals surface area contributed by atoms with Crippen LogP contribution in [-0.4, -0.2) is 0 Å². The first-order chi connectivity index (χ1) is 9.59. The summed E-state index contributed by atoms with van der Waals surface area (Å²) in [5.74, 6) is -0.279. The van der Waals surface area contributed by atoms with Crippen LogP contribution in [0.1, 0.15) is 0 Å². The van der Waals surface area contributed by atoms with Gasteiger partial charge < -0.3 is 0 Å². The molecule has 3 aromatic carbocycles. The van der Waals surface area contributed by atoms with Gasteiger partial charge in [0.2, 0.25) is 0 Å². The van der Waals surface area contributed by atoms with Crippen molar-refractivity contribution >= 4 is 45.6 Å². The zero-order valence-electron chi connectivity index (χ0n) is 10.1. The van der Waals surface area contributed by atoms with E-state index in [0.717, 1.165) is 10.9 Å². The fourth-order valence-electron chi connectivity index (χ4n) is 2.25.